The highest BCUT2D eigenvalue weighted by Crippen LogP contribution is 2.17. The van der Waals surface area contributed by atoms with Crippen molar-refractivity contribution in [2.75, 3.05) is 26.2 Å². The molecule has 4 nitrogen and oxygen atoms in total. The van der Waals surface area contributed by atoms with E-state index >= 15 is 0 Å². The van der Waals surface area contributed by atoms with Crippen LogP contribution in [0.1, 0.15) is 39.0 Å². The van der Waals surface area contributed by atoms with Gasteiger partial charge in [0.15, 0.2) is 0 Å². The Balaban J connectivity index is 1.63. The van der Waals surface area contributed by atoms with Crippen LogP contribution >= 0.6 is 0 Å². The average Bonchev–Trinajstić information content (AvgIpc) is 2.90. The Kier molecular flexibility index (Phi) is 5.70. The van der Waals surface area contributed by atoms with Crippen molar-refractivity contribution < 1.29 is 4.79 Å². The second-order valence-corrected chi connectivity index (χ2v) is 6.98. The van der Waals surface area contributed by atoms with Crippen molar-refractivity contribution in [3.05, 3.63) is 70.3 Å². The van der Waals surface area contributed by atoms with Crippen molar-refractivity contribution >= 4 is 5.91 Å². The van der Waals surface area contributed by atoms with Crippen LogP contribution in [-0.4, -0.2) is 41.9 Å². The summed E-state index contributed by atoms with van der Waals surface area (Å²) in [6, 6.07) is 15.9. The van der Waals surface area contributed by atoms with Crippen LogP contribution in [0, 0.1) is 25.2 Å². The Morgan fingerprint density at radius 3 is 2.54 bits per heavy atom. The smallest absolute Gasteiger partial charge is 0.254 e. The van der Waals surface area contributed by atoms with Crippen molar-refractivity contribution in [2.24, 2.45) is 0 Å². The third-order valence-corrected chi connectivity index (χ3v) is 5.20. The maximum absolute atomic E-state index is 12.9. The largest absolute Gasteiger partial charge is 0.337 e. The number of nitriles is 1. The van der Waals surface area contributed by atoms with E-state index in [0.717, 1.165) is 55.8 Å². The first-order valence-corrected chi connectivity index (χ1v) is 9.15. The van der Waals surface area contributed by atoms with E-state index in [1.165, 1.54) is 5.56 Å². The molecule has 0 radical (unpaired) electrons. The Hall–Kier alpha value is -2.64. The Morgan fingerprint density at radius 2 is 1.81 bits per heavy atom. The quantitative estimate of drug-likeness (QED) is 0.853. The lowest BCUT2D eigenvalue weighted by Gasteiger charge is -2.23. The standard InChI is InChI=1S/C22H25N3O/c1-17-5-3-6-21(18(17)2)22(26)25-12-4-11-24(13-14-25)16-20-9-7-19(15-23)8-10-20/h3,5-10H,4,11-14,16H2,1-2H3. The number of benzene rings is 2. The van der Waals surface area contributed by atoms with E-state index in [1.54, 1.807) is 0 Å². The van der Waals surface area contributed by atoms with Gasteiger partial charge in [0.1, 0.15) is 0 Å². The molecular formula is C22H25N3O. The molecule has 1 heterocycles. The minimum absolute atomic E-state index is 0.145. The predicted molar refractivity (Wildman–Crippen MR) is 103 cm³/mol. The van der Waals surface area contributed by atoms with Gasteiger partial charge in [0.05, 0.1) is 11.6 Å². The fourth-order valence-corrected chi connectivity index (χ4v) is 3.43. The number of carbonyl (C=O) groups is 1. The van der Waals surface area contributed by atoms with Gasteiger partial charge in [-0.1, -0.05) is 24.3 Å². The number of nitrogens with zero attached hydrogens (tertiary/aromatic N) is 3. The zero-order chi connectivity index (χ0) is 18.5. The number of carbonyl (C=O) groups excluding carboxylic acids is 1. The van der Waals surface area contributed by atoms with Gasteiger partial charge in [-0.3, -0.25) is 9.69 Å². The van der Waals surface area contributed by atoms with E-state index in [-0.39, 0.29) is 5.91 Å². The van der Waals surface area contributed by atoms with Gasteiger partial charge in [-0.2, -0.15) is 5.26 Å². The van der Waals surface area contributed by atoms with Crippen LogP contribution in [0.25, 0.3) is 0 Å². The molecular weight excluding hydrogens is 322 g/mol. The van der Waals surface area contributed by atoms with Crippen molar-refractivity contribution in [2.45, 2.75) is 26.8 Å². The number of aryl methyl sites for hydroxylation is 1. The molecule has 0 aliphatic carbocycles. The van der Waals surface area contributed by atoms with Gasteiger partial charge >= 0.3 is 0 Å². The van der Waals surface area contributed by atoms with Crippen LogP contribution in [-0.2, 0) is 6.54 Å². The first-order chi connectivity index (χ1) is 12.6. The van der Waals surface area contributed by atoms with E-state index in [2.05, 4.69) is 11.0 Å². The fourth-order valence-electron chi connectivity index (χ4n) is 3.43. The molecule has 1 saturated heterocycles. The molecule has 1 aliphatic rings. The van der Waals surface area contributed by atoms with Gasteiger partial charge in [0.2, 0.25) is 0 Å². The monoisotopic (exact) mass is 347 g/mol. The highest BCUT2D eigenvalue weighted by molar-refractivity contribution is 5.96. The molecule has 26 heavy (non-hydrogen) atoms. The third kappa shape index (κ3) is 4.12. The molecule has 0 atom stereocenters. The fraction of sp³-hybridized carbons (Fsp3) is 0.364. The summed E-state index contributed by atoms with van der Waals surface area (Å²) in [6.45, 7) is 8.34. The maximum atomic E-state index is 12.9. The summed E-state index contributed by atoms with van der Waals surface area (Å²) >= 11 is 0. The molecule has 1 fully saturated rings. The summed E-state index contributed by atoms with van der Waals surface area (Å²) in [4.78, 5) is 17.3. The predicted octanol–water partition coefficient (Wildman–Crippen LogP) is 3.52. The Bertz CT molecular complexity index is 820. The van der Waals surface area contributed by atoms with E-state index in [4.69, 9.17) is 5.26 Å². The second kappa shape index (κ2) is 8.16. The summed E-state index contributed by atoms with van der Waals surface area (Å²) in [5.74, 6) is 0.145. The van der Waals surface area contributed by atoms with Crippen LogP contribution in [0.2, 0.25) is 0 Å². The van der Waals surface area contributed by atoms with E-state index in [9.17, 15) is 4.79 Å². The summed E-state index contributed by atoms with van der Waals surface area (Å²) in [6.07, 6.45) is 0.979. The van der Waals surface area contributed by atoms with Crippen LogP contribution in [0.3, 0.4) is 0 Å². The van der Waals surface area contributed by atoms with Gasteiger partial charge < -0.3 is 4.90 Å². The molecule has 0 aromatic heterocycles. The Labute approximate surface area is 155 Å². The molecule has 0 spiro atoms. The summed E-state index contributed by atoms with van der Waals surface area (Å²) in [7, 11) is 0. The first kappa shape index (κ1) is 18.2. The topological polar surface area (TPSA) is 47.3 Å². The van der Waals surface area contributed by atoms with Crippen LogP contribution in [0.4, 0.5) is 0 Å². The average molecular weight is 347 g/mol. The zero-order valence-corrected chi connectivity index (χ0v) is 15.5. The first-order valence-electron chi connectivity index (χ1n) is 9.15. The van der Waals surface area contributed by atoms with E-state index in [1.807, 2.05) is 61.2 Å². The highest BCUT2D eigenvalue weighted by atomic mass is 16.2. The van der Waals surface area contributed by atoms with Crippen LogP contribution in [0.5, 0.6) is 0 Å². The van der Waals surface area contributed by atoms with Crippen LogP contribution < -0.4 is 0 Å². The van der Waals surface area contributed by atoms with Crippen molar-refractivity contribution in [1.82, 2.24) is 9.80 Å². The van der Waals surface area contributed by atoms with Gasteiger partial charge in [-0.25, -0.2) is 0 Å². The molecule has 134 valence electrons. The summed E-state index contributed by atoms with van der Waals surface area (Å²) in [5.41, 5.74) is 4.96. The summed E-state index contributed by atoms with van der Waals surface area (Å²) in [5, 5.41) is 8.90. The lowest BCUT2D eigenvalue weighted by Crippen LogP contribution is -2.35. The number of rotatable bonds is 3. The lowest BCUT2D eigenvalue weighted by molar-refractivity contribution is 0.0760. The molecule has 0 bridgehead atoms. The summed E-state index contributed by atoms with van der Waals surface area (Å²) < 4.78 is 0. The van der Waals surface area contributed by atoms with Gasteiger partial charge in [-0.05, 0) is 55.2 Å². The molecule has 2 aromatic rings. The zero-order valence-electron chi connectivity index (χ0n) is 15.5. The Morgan fingerprint density at radius 1 is 1.04 bits per heavy atom. The molecule has 0 N–H and O–H groups in total. The molecule has 0 saturated carbocycles. The normalized spacial score (nSPS) is 15.3. The van der Waals surface area contributed by atoms with Crippen molar-refractivity contribution in [1.29, 1.82) is 5.26 Å². The van der Waals surface area contributed by atoms with Crippen molar-refractivity contribution in [3.63, 3.8) is 0 Å². The second-order valence-electron chi connectivity index (χ2n) is 6.98. The number of hydrogen-bond donors (Lipinski definition) is 0. The third-order valence-electron chi connectivity index (χ3n) is 5.20. The highest BCUT2D eigenvalue weighted by Gasteiger charge is 2.21. The molecule has 3 rings (SSSR count). The van der Waals surface area contributed by atoms with Crippen LogP contribution in [0.15, 0.2) is 42.5 Å². The van der Waals surface area contributed by atoms with E-state index in [0.29, 0.717) is 5.56 Å². The SMILES string of the molecule is Cc1cccc(C(=O)N2CCCN(Cc3ccc(C#N)cc3)CC2)c1C. The minimum atomic E-state index is 0.145. The maximum Gasteiger partial charge on any atom is 0.254 e. The van der Waals surface area contributed by atoms with Gasteiger partial charge in [0.25, 0.3) is 5.91 Å². The number of amides is 1. The number of hydrogen-bond acceptors (Lipinski definition) is 3. The van der Waals surface area contributed by atoms with Crippen molar-refractivity contribution in [3.8, 4) is 6.07 Å². The molecule has 4 heteroatoms. The minimum Gasteiger partial charge on any atom is -0.337 e. The van der Waals surface area contributed by atoms with Gasteiger partial charge in [0, 0.05) is 38.3 Å². The molecule has 2 aromatic carbocycles. The molecule has 0 unspecified atom stereocenters. The molecule has 1 aliphatic heterocycles. The lowest BCUT2D eigenvalue weighted by atomic mass is 10.0. The van der Waals surface area contributed by atoms with E-state index < -0.39 is 0 Å². The van der Waals surface area contributed by atoms with Gasteiger partial charge in [-0.15, -0.1) is 0 Å². The molecule has 1 amide bonds.